The minimum absolute atomic E-state index is 0.139. The minimum Gasteiger partial charge on any atom is -0.437 e. The van der Waals surface area contributed by atoms with Crippen LogP contribution in [0.15, 0.2) is 65.2 Å². The standard InChI is InChI=1S/C29H28FN2O/c1-17(2)14-22-15-20(8-11-25(22)30)21-12-13-32(5)26(16-21)27-18(3)6-9-23-24-10-7-19(4)31-29(24)33-28(23)27/h6-13,15-17H,14H2,1-5H3/q+1. The third-order valence-corrected chi connectivity index (χ3v) is 6.27. The molecule has 0 radical (unpaired) electrons. The zero-order valence-electron chi connectivity index (χ0n) is 19.7. The molecule has 2 aromatic carbocycles. The highest BCUT2D eigenvalue weighted by molar-refractivity contribution is 6.08. The van der Waals surface area contributed by atoms with Crippen LogP contribution in [0, 0.1) is 25.6 Å². The first kappa shape index (κ1) is 21.3. The molecule has 5 rings (SSSR count). The van der Waals surface area contributed by atoms with Crippen molar-refractivity contribution in [3.05, 3.63) is 83.4 Å². The van der Waals surface area contributed by atoms with E-state index in [-0.39, 0.29) is 5.82 Å². The summed E-state index contributed by atoms with van der Waals surface area (Å²) in [4.78, 5) is 4.60. The Kier molecular flexibility index (Phi) is 5.24. The van der Waals surface area contributed by atoms with Gasteiger partial charge in [-0.3, -0.25) is 0 Å². The van der Waals surface area contributed by atoms with Crippen molar-refractivity contribution >= 4 is 22.1 Å². The molecule has 0 spiro atoms. The molecule has 0 saturated heterocycles. The molecule has 0 atom stereocenters. The van der Waals surface area contributed by atoms with Gasteiger partial charge in [0.05, 0.1) is 5.56 Å². The van der Waals surface area contributed by atoms with Gasteiger partial charge in [-0.2, -0.15) is 0 Å². The van der Waals surface area contributed by atoms with Gasteiger partial charge < -0.3 is 4.42 Å². The normalized spacial score (nSPS) is 11.7. The lowest BCUT2D eigenvalue weighted by atomic mass is 9.95. The van der Waals surface area contributed by atoms with Gasteiger partial charge in [-0.25, -0.2) is 13.9 Å². The van der Waals surface area contributed by atoms with Crippen molar-refractivity contribution in [3.8, 4) is 22.4 Å². The highest BCUT2D eigenvalue weighted by atomic mass is 19.1. The van der Waals surface area contributed by atoms with Crippen LogP contribution in [0.4, 0.5) is 4.39 Å². The molecule has 0 aliphatic carbocycles. The highest BCUT2D eigenvalue weighted by Gasteiger charge is 2.22. The molecule has 3 heterocycles. The Hall–Kier alpha value is -3.53. The number of hydrogen-bond donors (Lipinski definition) is 0. The molecule has 0 amide bonds. The minimum atomic E-state index is -0.139. The maximum absolute atomic E-state index is 14.4. The van der Waals surface area contributed by atoms with Crippen LogP contribution in [0.3, 0.4) is 0 Å². The van der Waals surface area contributed by atoms with Crippen molar-refractivity contribution in [2.45, 2.75) is 34.1 Å². The summed E-state index contributed by atoms with van der Waals surface area (Å²) in [5.74, 6) is 0.254. The fourth-order valence-electron chi connectivity index (χ4n) is 4.58. The molecule has 0 aliphatic rings. The average molecular weight is 440 g/mol. The second kappa shape index (κ2) is 8.11. The summed E-state index contributed by atoms with van der Waals surface area (Å²) in [6, 6.07) is 18.0. The van der Waals surface area contributed by atoms with Crippen LogP contribution in [0.2, 0.25) is 0 Å². The Morgan fingerprint density at radius 2 is 1.70 bits per heavy atom. The molecule has 0 N–H and O–H groups in total. The fraction of sp³-hybridized carbons (Fsp3) is 0.241. The summed E-state index contributed by atoms with van der Waals surface area (Å²) in [5.41, 5.74) is 8.48. The lowest BCUT2D eigenvalue weighted by Crippen LogP contribution is -2.30. The number of benzene rings is 2. The molecule has 0 saturated carbocycles. The number of pyridine rings is 2. The van der Waals surface area contributed by atoms with Crippen molar-refractivity contribution in [2.75, 3.05) is 0 Å². The maximum atomic E-state index is 14.4. The molecule has 0 unspecified atom stereocenters. The van der Waals surface area contributed by atoms with Crippen molar-refractivity contribution in [1.29, 1.82) is 0 Å². The van der Waals surface area contributed by atoms with Crippen LogP contribution in [0.25, 0.3) is 44.5 Å². The predicted molar refractivity (Wildman–Crippen MR) is 132 cm³/mol. The maximum Gasteiger partial charge on any atom is 0.227 e. The number of hydrogen-bond acceptors (Lipinski definition) is 2. The second-order valence-corrected chi connectivity index (χ2v) is 9.36. The van der Waals surface area contributed by atoms with Gasteiger partial charge in [0.25, 0.3) is 0 Å². The lowest BCUT2D eigenvalue weighted by Gasteiger charge is -2.11. The highest BCUT2D eigenvalue weighted by Crippen LogP contribution is 2.37. The van der Waals surface area contributed by atoms with E-state index in [9.17, 15) is 4.39 Å². The molecule has 3 aromatic heterocycles. The van der Waals surface area contributed by atoms with Crippen LogP contribution in [0.5, 0.6) is 0 Å². The summed E-state index contributed by atoms with van der Waals surface area (Å²) < 4.78 is 22.8. The first-order valence-corrected chi connectivity index (χ1v) is 11.4. The van der Waals surface area contributed by atoms with E-state index >= 15 is 0 Å². The summed E-state index contributed by atoms with van der Waals surface area (Å²) in [7, 11) is 2.04. The van der Waals surface area contributed by atoms with Crippen molar-refractivity contribution < 1.29 is 13.4 Å². The average Bonchev–Trinajstić information content (AvgIpc) is 3.13. The van der Waals surface area contributed by atoms with E-state index in [1.807, 2.05) is 32.2 Å². The van der Waals surface area contributed by atoms with E-state index in [2.05, 4.69) is 66.9 Å². The van der Waals surface area contributed by atoms with Crippen LogP contribution < -0.4 is 4.57 Å². The van der Waals surface area contributed by atoms with Crippen molar-refractivity contribution in [1.82, 2.24) is 4.98 Å². The smallest absolute Gasteiger partial charge is 0.227 e. The van der Waals surface area contributed by atoms with Gasteiger partial charge in [-0.1, -0.05) is 32.0 Å². The molecule has 0 aliphatic heterocycles. The number of aryl methyl sites for hydroxylation is 3. The Morgan fingerprint density at radius 3 is 2.48 bits per heavy atom. The molecule has 4 heteroatoms. The number of fused-ring (bicyclic) bond motifs is 3. The van der Waals surface area contributed by atoms with Crippen LogP contribution >= 0.6 is 0 Å². The third kappa shape index (κ3) is 3.80. The van der Waals surface area contributed by atoms with Gasteiger partial charge in [0, 0.05) is 28.6 Å². The molecular formula is C29H28FN2O+. The molecule has 166 valence electrons. The van der Waals surface area contributed by atoms with Gasteiger partial charge in [-0.05, 0) is 72.7 Å². The van der Waals surface area contributed by atoms with E-state index in [0.29, 0.717) is 11.6 Å². The number of nitrogens with zero attached hydrogens (tertiary/aromatic N) is 2. The number of furan rings is 1. The van der Waals surface area contributed by atoms with Crippen LogP contribution in [-0.2, 0) is 13.5 Å². The molecule has 0 fully saturated rings. The Balaban J connectivity index is 1.71. The Bertz CT molecular complexity index is 1510. The number of aromatic nitrogens is 2. The SMILES string of the molecule is Cc1ccc2c(n1)oc1c(-c3cc(-c4ccc(F)c(CC(C)C)c4)cc[n+]3C)c(C)ccc12. The Labute approximate surface area is 193 Å². The Morgan fingerprint density at radius 1 is 0.939 bits per heavy atom. The topological polar surface area (TPSA) is 29.9 Å². The lowest BCUT2D eigenvalue weighted by molar-refractivity contribution is -0.660. The monoisotopic (exact) mass is 439 g/mol. The largest absolute Gasteiger partial charge is 0.437 e. The fourth-order valence-corrected chi connectivity index (χ4v) is 4.58. The summed E-state index contributed by atoms with van der Waals surface area (Å²) >= 11 is 0. The quantitative estimate of drug-likeness (QED) is 0.280. The van der Waals surface area contributed by atoms with E-state index in [1.165, 1.54) is 0 Å². The van der Waals surface area contributed by atoms with Gasteiger partial charge in [0.1, 0.15) is 12.9 Å². The van der Waals surface area contributed by atoms with Gasteiger partial charge in [0.15, 0.2) is 11.8 Å². The second-order valence-electron chi connectivity index (χ2n) is 9.36. The zero-order chi connectivity index (χ0) is 23.3. The van der Waals surface area contributed by atoms with Crippen LogP contribution in [-0.4, -0.2) is 4.98 Å². The summed E-state index contributed by atoms with van der Waals surface area (Å²) in [6.07, 6.45) is 2.77. The number of rotatable bonds is 4. The van der Waals surface area contributed by atoms with E-state index in [1.54, 1.807) is 6.07 Å². The third-order valence-electron chi connectivity index (χ3n) is 6.27. The molecule has 3 nitrogen and oxygen atoms in total. The first-order valence-electron chi connectivity index (χ1n) is 11.4. The first-order chi connectivity index (χ1) is 15.8. The zero-order valence-corrected chi connectivity index (χ0v) is 19.7. The van der Waals surface area contributed by atoms with Gasteiger partial charge in [-0.15, -0.1) is 0 Å². The molecule has 5 aromatic rings. The van der Waals surface area contributed by atoms with E-state index < -0.39 is 0 Å². The van der Waals surface area contributed by atoms with E-state index in [4.69, 9.17) is 4.42 Å². The molecular weight excluding hydrogens is 411 g/mol. The van der Waals surface area contributed by atoms with Crippen LogP contribution in [0.1, 0.15) is 30.7 Å². The van der Waals surface area contributed by atoms with Crippen molar-refractivity contribution in [3.63, 3.8) is 0 Å². The van der Waals surface area contributed by atoms with Crippen molar-refractivity contribution in [2.24, 2.45) is 13.0 Å². The molecule has 33 heavy (non-hydrogen) atoms. The summed E-state index contributed by atoms with van der Waals surface area (Å²) in [6.45, 7) is 8.30. The summed E-state index contributed by atoms with van der Waals surface area (Å²) in [5, 5.41) is 2.08. The number of halogens is 1. The molecule has 0 bridgehead atoms. The van der Waals surface area contributed by atoms with E-state index in [0.717, 1.165) is 62.0 Å². The predicted octanol–water partition coefficient (Wildman–Crippen LogP) is 7.09. The van der Waals surface area contributed by atoms with Gasteiger partial charge in [0.2, 0.25) is 11.4 Å². The van der Waals surface area contributed by atoms with Gasteiger partial charge >= 0.3 is 0 Å².